The zero-order chi connectivity index (χ0) is 14.6. The second-order valence-electron chi connectivity index (χ2n) is 5.41. The number of aryl methyl sites for hydroxylation is 2. The number of benzene rings is 1. The van der Waals surface area contributed by atoms with Crippen molar-refractivity contribution in [2.45, 2.75) is 65.2 Å². The van der Waals surface area contributed by atoms with Gasteiger partial charge in [-0.2, -0.15) is 0 Å². The molecular weight excluding hydrogens is 248 g/mol. The molecule has 0 fully saturated rings. The molecule has 0 saturated heterocycles. The van der Waals surface area contributed by atoms with E-state index in [9.17, 15) is 0 Å². The Morgan fingerprint density at radius 1 is 0.900 bits per heavy atom. The van der Waals surface area contributed by atoms with Gasteiger partial charge in [-0.25, -0.2) is 0 Å². The van der Waals surface area contributed by atoms with Crippen molar-refractivity contribution < 1.29 is 9.47 Å². The van der Waals surface area contributed by atoms with Crippen molar-refractivity contribution in [3.8, 4) is 5.75 Å². The van der Waals surface area contributed by atoms with Gasteiger partial charge in [-0.3, -0.25) is 0 Å². The van der Waals surface area contributed by atoms with Crippen LogP contribution in [0, 0.1) is 0 Å². The fraction of sp³-hybridized carbons (Fsp3) is 0.667. The maximum absolute atomic E-state index is 5.68. The molecule has 0 atom stereocenters. The summed E-state index contributed by atoms with van der Waals surface area (Å²) in [5, 5.41) is 0. The molecule has 1 aromatic rings. The Morgan fingerprint density at radius 3 is 2.25 bits per heavy atom. The Bertz CT molecular complexity index is 360. The van der Waals surface area contributed by atoms with E-state index in [0.717, 1.165) is 12.2 Å². The van der Waals surface area contributed by atoms with Crippen LogP contribution in [0.3, 0.4) is 0 Å². The molecule has 0 saturated carbocycles. The summed E-state index contributed by atoms with van der Waals surface area (Å²) >= 11 is 0. The zero-order valence-corrected chi connectivity index (χ0v) is 13.4. The Morgan fingerprint density at radius 2 is 1.60 bits per heavy atom. The molecule has 0 spiro atoms. The highest BCUT2D eigenvalue weighted by Gasteiger charge is 2.05. The third-order valence-corrected chi connectivity index (χ3v) is 3.58. The smallest absolute Gasteiger partial charge is 0.188 e. The van der Waals surface area contributed by atoms with Crippen LogP contribution in [0.4, 0.5) is 0 Å². The van der Waals surface area contributed by atoms with E-state index in [-0.39, 0.29) is 0 Å². The van der Waals surface area contributed by atoms with Gasteiger partial charge in [-0.1, -0.05) is 51.7 Å². The van der Waals surface area contributed by atoms with Crippen LogP contribution in [0.25, 0.3) is 0 Å². The van der Waals surface area contributed by atoms with E-state index in [1.807, 2.05) is 0 Å². The molecule has 1 rings (SSSR count). The van der Waals surface area contributed by atoms with E-state index in [0.29, 0.717) is 6.79 Å². The molecule has 0 N–H and O–H groups in total. The van der Waals surface area contributed by atoms with Gasteiger partial charge in [0.05, 0.1) is 0 Å². The molecule has 20 heavy (non-hydrogen) atoms. The predicted octanol–water partition coefficient (Wildman–Crippen LogP) is 5.13. The highest BCUT2D eigenvalue weighted by atomic mass is 16.7. The minimum Gasteiger partial charge on any atom is -0.467 e. The summed E-state index contributed by atoms with van der Waals surface area (Å²) in [6, 6.07) is 6.64. The minimum absolute atomic E-state index is 0.329. The third kappa shape index (κ3) is 6.42. The highest BCUT2D eigenvalue weighted by Crippen LogP contribution is 2.23. The summed E-state index contributed by atoms with van der Waals surface area (Å²) in [5.41, 5.74) is 2.78. The van der Waals surface area contributed by atoms with Gasteiger partial charge in [0.15, 0.2) is 6.79 Å². The van der Waals surface area contributed by atoms with Crippen LogP contribution in [0.15, 0.2) is 18.2 Å². The summed E-state index contributed by atoms with van der Waals surface area (Å²) in [6.07, 6.45) is 9.93. The molecule has 2 nitrogen and oxygen atoms in total. The van der Waals surface area contributed by atoms with Crippen LogP contribution in [0.1, 0.15) is 63.5 Å². The highest BCUT2D eigenvalue weighted by molar-refractivity contribution is 5.37. The lowest BCUT2D eigenvalue weighted by molar-refractivity contribution is 0.0504. The number of hydrogen-bond donors (Lipinski definition) is 0. The second kappa shape index (κ2) is 10.7. The maximum atomic E-state index is 5.68. The Kier molecular flexibility index (Phi) is 9.14. The van der Waals surface area contributed by atoms with Crippen LogP contribution in [-0.2, 0) is 17.6 Å². The van der Waals surface area contributed by atoms with E-state index >= 15 is 0 Å². The van der Waals surface area contributed by atoms with Gasteiger partial charge in [0.2, 0.25) is 0 Å². The van der Waals surface area contributed by atoms with Gasteiger partial charge in [0, 0.05) is 7.11 Å². The fourth-order valence-corrected chi connectivity index (χ4v) is 2.39. The lowest BCUT2D eigenvalue weighted by Crippen LogP contribution is -2.02. The summed E-state index contributed by atoms with van der Waals surface area (Å²) < 4.78 is 10.7. The van der Waals surface area contributed by atoms with Gasteiger partial charge < -0.3 is 9.47 Å². The average molecular weight is 278 g/mol. The number of methoxy groups -OCH3 is 1. The van der Waals surface area contributed by atoms with Crippen LogP contribution in [0.5, 0.6) is 5.75 Å². The standard InChI is InChI=1S/C18H30O2/c1-4-6-8-10-16-12-13-18(20-15-19-3)17(14-16)11-9-7-5-2/h12-14H,4-11,15H2,1-3H3. The molecule has 0 amide bonds. The number of unbranched alkanes of at least 4 members (excludes halogenated alkanes) is 4. The summed E-state index contributed by atoms with van der Waals surface area (Å²) in [6.45, 7) is 4.82. The van der Waals surface area contributed by atoms with E-state index < -0.39 is 0 Å². The topological polar surface area (TPSA) is 18.5 Å². The van der Waals surface area contributed by atoms with Crippen LogP contribution in [0.2, 0.25) is 0 Å². The Balaban J connectivity index is 2.67. The van der Waals surface area contributed by atoms with Crippen molar-refractivity contribution in [1.82, 2.24) is 0 Å². The Labute approximate surface area is 124 Å². The predicted molar refractivity (Wildman–Crippen MR) is 85.4 cm³/mol. The van der Waals surface area contributed by atoms with Gasteiger partial charge in [-0.05, 0) is 42.9 Å². The van der Waals surface area contributed by atoms with Crippen molar-refractivity contribution in [3.05, 3.63) is 29.3 Å². The number of ether oxygens (including phenoxy) is 2. The first-order chi connectivity index (χ1) is 9.81. The van der Waals surface area contributed by atoms with Crippen molar-refractivity contribution in [2.75, 3.05) is 13.9 Å². The molecule has 2 heteroatoms. The maximum Gasteiger partial charge on any atom is 0.188 e. The molecule has 0 radical (unpaired) electrons. The lowest BCUT2D eigenvalue weighted by atomic mass is 10.0. The van der Waals surface area contributed by atoms with Gasteiger partial charge in [0.25, 0.3) is 0 Å². The average Bonchev–Trinajstić information content (AvgIpc) is 2.47. The van der Waals surface area contributed by atoms with Gasteiger partial charge >= 0.3 is 0 Å². The first-order valence-corrected chi connectivity index (χ1v) is 8.05. The monoisotopic (exact) mass is 278 g/mol. The number of hydrogen-bond acceptors (Lipinski definition) is 2. The molecular formula is C18H30O2. The second-order valence-corrected chi connectivity index (χ2v) is 5.41. The summed E-state index contributed by atoms with van der Waals surface area (Å²) in [4.78, 5) is 0. The van der Waals surface area contributed by atoms with Crippen molar-refractivity contribution >= 4 is 0 Å². The molecule has 0 aliphatic carbocycles. The van der Waals surface area contributed by atoms with Gasteiger partial charge in [0.1, 0.15) is 5.75 Å². The largest absolute Gasteiger partial charge is 0.467 e. The van der Waals surface area contributed by atoms with E-state index in [2.05, 4.69) is 32.0 Å². The molecule has 114 valence electrons. The van der Waals surface area contributed by atoms with Crippen LogP contribution < -0.4 is 4.74 Å². The van der Waals surface area contributed by atoms with E-state index in [4.69, 9.17) is 9.47 Å². The molecule has 0 aliphatic rings. The number of rotatable bonds is 11. The molecule has 1 aromatic carbocycles. The zero-order valence-electron chi connectivity index (χ0n) is 13.4. The lowest BCUT2D eigenvalue weighted by Gasteiger charge is -2.13. The van der Waals surface area contributed by atoms with E-state index in [1.165, 1.54) is 56.1 Å². The van der Waals surface area contributed by atoms with Crippen molar-refractivity contribution in [3.63, 3.8) is 0 Å². The molecule has 0 heterocycles. The SMILES string of the molecule is CCCCCc1ccc(OCOC)c(CCCCC)c1. The van der Waals surface area contributed by atoms with Crippen molar-refractivity contribution in [1.29, 1.82) is 0 Å². The summed E-state index contributed by atoms with van der Waals surface area (Å²) in [7, 11) is 1.66. The molecule has 0 unspecified atom stereocenters. The molecule has 0 aliphatic heterocycles. The minimum atomic E-state index is 0.329. The Hall–Kier alpha value is -1.02. The quantitative estimate of drug-likeness (QED) is 0.412. The normalized spacial score (nSPS) is 10.8. The van der Waals surface area contributed by atoms with Gasteiger partial charge in [-0.15, -0.1) is 0 Å². The molecule has 0 aromatic heterocycles. The summed E-state index contributed by atoms with van der Waals surface area (Å²) in [5.74, 6) is 0.988. The fourth-order valence-electron chi connectivity index (χ4n) is 2.39. The van der Waals surface area contributed by atoms with Crippen molar-refractivity contribution in [2.24, 2.45) is 0 Å². The first kappa shape index (κ1) is 17.0. The molecule has 0 bridgehead atoms. The third-order valence-electron chi connectivity index (χ3n) is 3.58. The van der Waals surface area contributed by atoms with E-state index in [1.54, 1.807) is 7.11 Å². The van der Waals surface area contributed by atoms with Crippen LogP contribution >= 0.6 is 0 Å². The van der Waals surface area contributed by atoms with Crippen LogP contribution in [-0.4, -0.2) is 13.9 Å². The first-order valence-electron chi connectivity index (χ1n) is 8.05.